The highest BCUT2D eigenvalue weighted by Gasteiger charge is 2.58. The molecule has 0 spiro atoms. The van der Waals surface area contributed by atoms with E-state index in [1.54, 1.807) is 0 Å². The van der Waals surface area contributed by atoms with E-state index in [0.29, 0.717) is 0 Å². The Morgan fingerprint density at radius 3 is 2.00 bits per heavy atom. The Kier molecular flexibility index (Phi) is 4.16. The van der Waals surface area contributed by atoms with Crippen LogP contribution in [0.1, 0.15) is 11.1 Å². The van der Waals surface area contributed by atoms with Crippen LogP contribution in [0.25, 0.3) is 0 Å². The summed E-state index contributed by atoms with van der Waals surface area (Å²) >= 11 is 5.86. The molecule has 1 N–H and O–H groups in total. The summed E-state index contributed by atoms with van der Waals surface area (Å²) in [5.41, 5.74) is -4.10. The lowest BCUT2D eigenvalue weighted by molar-refractivity contribution is -0.248. The van der Waals surface area contributed by atoms with E-state index in [4.69, 9.17) is 16.3 Å². The zero-order valence-corrected chi connectivity index (χ0v) is 11.7. The van der Waals surface area contributed by atoms with Crippen molar-refractivity contribution in [3.63, 3.8) is 0 Å². The summed E-state index contributed by atoms with van der Waals surface area (Å²) in [5.74, 6) is -0.0720. The van der Waals surface area contributed by atoms with Gasteiger partial charge in [0.1, 0.15) is 5.75 Å². The summed E-state index contributed by atoms with van der Waals surface area (Å²) in [5, 5.41) is 10.3. The summed E-state index contributed by atoms with van der Waals surface area (Å²) in [6.07, 6.45) is -4.97. The fraction of sp³-hybridized carbons (Fsp3) is 0.200. The van der Waals surface area contributed by atoms with E-state index in [2.05, 4.69) is 0 Å². The Balaban J connectivity index is 2.78. The lowest BCUT2D eigenvalue weighted by Gasteiger charge is -2.33. The van der Waals surface area contributed by atoms with Gasteiger partial charge in [-0.05, 0) is 12.1 Å². The zero-order chi connectivity index (χ0) is 15.7. The molecule has 2 nitrogen and oxygen atoms in total. The molecule has 0 aromatic heterocycles. The smallest absolute Gasteiger partial charge is 0.425 e. The Morgan fingerprint density at radius 1 is 0.952 bits per heavy atom. The van der Waals surface area contributed by atoms with E-state index in [9.17, 15) is 18.3 Å². The number of rotatable bonds is 3. The van der Waals surface area contributed by atoms with Gasteiger partial charge in [0.05, 0.1) is 7.11 Å². The van der Waals surface area contributed by atoms with Crippen molar-refractivity contribution in [2.75, 3.05) is 7.11 Å². The van der Waals surface area contributed by atoms with Gasteiger partial charge in [0.15, 0.2) is 0 Å². The van der Waals surface area contributed by atoms with Crippen LogP contribution in [-0.2, 0) is 5.60 Å². The highest BCUT2D eigenvalue weighted by molar-refractivity contribution is 6.31. The average molecular weight is 317 g/mol. The number of alkyl halides is 3. The lowest BCUT2D eigenvalue weighted by Crippen LogP contribution is -2.43. The van der Waals surface area contributed by atoms with Crippen molar-refractivity contribution >= 4 is 11.6 Å². The number of hydrogen-bond donors (Lipinski definition) is 1. The molecule has 1 unspecified atom stereocenters. The van der Waals surface area contributed by atoms with Gasteiger partial charge in [-0.1, -0.05) is 48.0 Å². The molecule has 0 amide bonds. The summed E-state index contributed by atoms with van der Waals surface area (Å²) in [6, 6.07) is 10.7. The van der Waals surface area contributed by atoms with E-state index in [-0.39, 0.29) is 10.8 Å². The first kappa shape index (κ1) is 15.7. The molecule has 2 aromatic carbocycles. The van der Waals surface area contributed by atoms with Gasteiger partial charge < -0.3 is 9.84 Å². The van der Waals surface area contributed by atoms with Crippen LogP contribution < -0.4 is 4.74 Å². The first-order valence-electron chi connectivity index (χ1n) is 6.00. The molecule has 1 atom stereocenters. The quantitative estimate of drug-likeness (QED) is 0.922. The molecule has 0 aliphatic heterocycles. The van der Waals surface area contributed by atoms with E-state index >= 15 is 0 Å². The molecule has 0 saturated carbocycles. The van der Waals surface area contributed by atoms with Crippen molar-refractivity contribution in [1.29, 1.82) is 0 Å². The highest BCUT2D eigenvalue weighted by atomic mass is 35.5. The van der Waals surface area contributed by atoms with Gasteiger partial charge in [-0.2, -0.15) is 13.2 Å². The second-order valence-electron chi connectivity index (χ2n) is 4.39. The minimum Gasteiger partial charge on any atom is -0.496 e. The molecule has 0 aliphatic rings. The van der Waals surface area contributed by atoms with Crippen LogP contribution in [0.3, 0.4) is 0 Å². The summed E-state index contributed by atoms with van der Waals surface area (Å²) in [4.78, 5) is 0. The van der Waals surface area contributed by atoms with Gasteiger partial charge >= 0.3 is 6.18 Å². The van der Waals surface area contributed by atoms with Crippen LogP contribution in [0.4, 0.5) is 13.2 Å². The summed E-state index contributed by atoms with van der Waals surface area (Å²) < 4.78 is 45.8. The number of hydrogen-bond acceptors (Lipinski definition) is 2. The van der Waals surface area contributed by atoms with E-state index in [1.807, 2.05) is 0 Å². The lowest BCUT2D eigenvalue weighted by atomic mass is 9.85. The molecule has 2 aromatic rings. The van der Waals surface area contributed by atoms with Gasteiger partial charge in [0.2, 0.25) is 5.60 Å². The predicted octanol–water partition coefficient (Wildman–Crippen LogP) is 4.15. The monoisotopic (exact) mass is 316 g/mol. The van der Waals surface area contributed by atoms with Gasteiger partial charge in [0.25, 0.3) is 0 Å². The average Bonchev–Trinajstić information content (AvgIpc) is 2.45. The first-order valence-corrected chi connectivity index (χ1v) is 6.37. The van der Waals surface area contributed by atoms with Gasteiger partial charge in [0, 0.05) is 16.1 Å². The van der Waals surface area contributed by atoms with E-state index < -0.39 is 22.9 Å². The summed E-state index contributed by atoms with van der Waals surface area (Å²) in [7, 11) is 1.24. The van der Waals surface area contributed by atoms with Crippen LogP contribution in [0, 0.1) is 0 Å². The Labute approximate surface area is 124 Å². The minimum absolute atomic E-state index is 0.0720. The molecule has 112 valence electrons. The molecular formula is C15H12ClF3O2. The van der Waals surface area contributed by atoms with Gasteiger partial charge in [-0.25, -0.2) is 0 Å². The molecular weight excluding hydrogens is 305 g/mol. The second kappa shape index (κ2) is 5.58. The number of benzene rings is 2. The third-order valence-corrected chi connectivity index (χ3v) is 3.50. The standard InChI is InChI=1S/C15H12ClF3O2/c1-21-13-9-5-3-7-11(13)14(20,15(17,18)19)10-6-2-4-8-12(10)16/h2-9,20H,1H3. The van der Waals surface area contributed by atoms with Crippen LogP contribution in [0.2, 0.25) is 5.02 Å². The Morgan fingerprint density at radius 2 is 1.48 bits per heavy atom. The van der Waals surface area contributed by atoms with Crippen molar-refractivity contribution in [2.24, 2.45) is 0 Å². The third kappa shape index (κ3) is 2.59. The highest BCUT2D eigenvalue weighted by Crippen LogP contribution is 2.48. The van der Waals surface area contributed by atoms with Crippen LogP contribution in [-0.4, -0.2) is 18.4 Å². The third-order valence-electron chi connectivity index (χ3n) is 3.17. The fourth-order valence-corrected chi connectivity index (χ4v) is 2.42. The molecule has 0 aliphatic carbocycles. The van der Waals surface area contributed by atoms with Crippen molar-refractivity contribution in [1.82, 2.24) is 0 Å². The molecule has 0 bridgehead atoms. The normalized spacial score (nSPS) is 14.6. The number of halogens is 4. The minimum atomic E-state index is -4.97. The van der Waals surface area contributed by atoms with Crippen LogP contribution in [0.5, 0.6) is 5.75 Å². The van der Waals surface area contributed by atoms with E-state index in [0.717, 1.165) is 12.1 Å². The van der Waals surface area contributed by atoms with Crippen molar-refractivity contribution < 1.29 is 23.0 Å². The first-order chi connectivity index (χ1) is 9.82. The SMILES string of the molecule is COc1ccccc1C(O)(c1ccccc1Cl)C(F)(F)F. The van der Waals surface area contributed by atoms with Crippen molar-refractivity contribution in [2.45, 2.75) is 11.8 Å². The summed E-state index contributed by atoms with van der Waals surface area (Å²) in [6.45, 7) is 0. The number of aliphatic hydroxyl groups is 1. The maximum absolute atomic E-state index is 13.6. The largest absolute Gasteiger partial charge is 0.496 e. The maximum Gasteiger partial charge on any atom is 0.425 e. The molecule has 0 radical (unpaired) electrons. The topological polar surface area (TPSA) is 29.5 Å². The molecule has 21 heavy (non-hydrogen) atoms. The Bertz CT molecular complexity index is 643. The Hall–Kier alpha value is -1.72. The van der Waals surface area contributed by atoms with Crippen molar-refractivity contribution in [3.8, 4) is 5.75 Å². The van der Waals surface area contributed by atoms with E-state index in [1.165, 1.54) is 43.5 Å². The molecule has 6 heteroatoms. The predicted molar refractivity (Wildman–Crippen MR) is 73.5 cm³/mol. The molecule has 0 fully saturated rings. The molecule has 0 heterocycles. The number of methoxy groups -OCH3 is 1. The van der Waals surface area contributed by atoms with Crippen LogP contribution >= 0.6 is 11.6 Å². The zero-order valence-electron chi connectivity index (χ0n) is 11.0. The molecule has 0 saturated heterocycles. The fourth-order valence-electron chi connectivity index (χ4n) is 2.15. The second-order valence-corrected chi connectivity index (χ2v) is 4.80. The van der Waals surface area contributed by atoms with Gasteiger partial charge in [-0.15, -0.1) is 0 Å². The number of ether oxygens (including phenoxy) is 1. The van der Waals surface area contributed by atoms with Gasteiger partial charge in [-0.3, -0.25) is 0 Å². The molecule has 2 rings (SSSR count). The number of para-hydroxylation sites is 1. The van der Waals surface area contributed by atoms with Crippen molar-refractivity contribution in [3.05, 3.63) is 64.7 Å². The van der Waals surface area contributed by atoms with Crippen LogP contribution in [0.15, 0.2) is 48.5 Å². The maximum atomic E-state index is 13.6.